The summed E-state index contributed by atoms with van der Waals surface area (Å²) in [5.41, 5.74) is 1.77. The maximum atomic E-state index is 12.9. The topological polar surface area (TPSA) is 69.8 Å². The first-order chi connectivity index (χ1) is 12.4. The van der Waals surface area contributed by atoms with Crippen molar-refractivity contribution in [3.63, 3.8) is 0 Å². The Morgan fingerprint density at radius 3 is 2.78 bits per heavy atom. The van der Waals surface area contributed by atoms with Crippen LogP contribution in [-0.4, -0.2) is 29.2 Å². The summed E-state index contributed by atoms with van der Waals surface area (Å²) in [4.78, 5) is 12.5. The van der Waals surface area contributed by atoms with Crippen LogP contribution in [0.1, 0.15) is 45.7 Å². The number of benzene rings is 1. The molecular formula is C18H20ClF3N4O. The first-order valence-corrected chi connectivity index (χ1v) is 8.62. The molecule has 1 aromatic heterocycles. The van der Waals surface area contributed by atoms with Gasteiger partial charge in [-0.2, -0.15) is 18.3 Å². The summed E-state index contributed by atoms with van der Waals surface area (Å²) in [6.07, 6.45) is -2.05. The number of aromatic amines is 1. The van der Waals surface area contributed by atoms with Crippen LogP contribution in [0.15, 0.2) is 24.3 Å². The minimum absolute atomic E-state index is 0. The van der Waals surface area contributed by atoms with Crippen molar-refractivity contribution in [2.45, 2.75) is 37.4 Å². The van der Waals surface area contributed by atoms with E-state index >= 15 is 0 Å². The SMILES string of the molecule is Cl.O=C(NCC1(c2cccc(C(F)(F)F)c2)CC1)c1n[nH]c2c1CNCC2. The van der Waals surface area contributed by atoms with Crippen LogP contribution in [0.25, 0.3) is 0 Å². The van der Waals surface area contributed by atoms with Gasteiger partial charge >= 0.3 is 6.18 Å². The minimum Gasteiger partial charge on any atom is -0.350 e. The summed E-state index contributed by atoms with van der Waals surface area (Å²) in [7, 11) is 0. The second kappa shape index (κ2) is 7.16. The van der Waals surface area contributed by atoms with E-state index in [1.54, 1.807) is 6.07 Å². The number of nitrogens with zero attached hydrogens (tertiary/aromatic N) is 1. The first kappa shape index (κ1) is 19.7. The van der Waals surface area contributed by atoms with Crippen molar-refractivity contribution >= 4 is 18.3 Å². The van der Waals surface area contributed by atoms with Crippen LogP contribution >= 0.6 is 12.4 Å². The molecule has 4 rings (SSSR count). The number of carbonyl (C=O) groups excluding carboxylic acids is 1. The average Bonchev–Trinajstić information content (AvgIpc) is 3.30. The van der Waals surface area contributed by atoms with Crippen molar-refractivity contribution in [3.8, 4) is 0 Å². The van der Waals surface area contributed by atoms with Crippen molar-refractivity contribution in [1.29, 1.82) is 0 Å². The van der Waals surface area contributed by atoms with E-state index in [2.05, 4.69) is 20.8 Å². The summed E-state index contributed by atoms with van der Waals surface area (Å²) in [5.74, 6) is -0.288. The van der Waals surface area contributed by atoms with Gasteiger partial charge in [-0.05, 0) is 24.5 Å². The van der Waals surface area contributed by atoms with Gasteiger partial charge in [0.1, 0.15) is 0 Å². The molecule has 1 aromatic carbocycles. The number of hydrogen-bond acceptors (Lipinski definition) is 3. The number of fused-ring (bicyclic) bond motifs is 1. The second-order valence-corrected chi connectivity index (χ2v) is 7.00. The van der Waals surface area contributed by atoms with Gasteiger partial charge in [0, 0.05) is 42.7 Å². The molecule has 0 saturated heterocycles. The van der Waals surface area contributed by atoms with Gasteiger partial charge in [0.25, 0.3) is 5.91 Å². The van der Waals surface area contributed by atoms with Gasteiger partial charge < -0.3 is 10.6 Å². The zero-order valence-corrected chi connectivity index (χ0v) is 15.3. The standard InChI is InChI=1S/C18H19F3N4O.ClH/c19-18(20,21)12-3-1-2-11(8-12)17(5-6-17)10-23-16(26)15-13-9-22-7-4-14(13)24-25-15;/h1-3,8,22H,4-7,9-10H2,(H,23,26)(H,24,25);1H. The Hall–Kier alpha value is -2.06. The van der Waals surface area contributed by atoms with Gasteiger partial charge in [-0.25, -0.2) is 0 Å². The number of aromatic nitrogens is 2. The number of H-pyrrole nitrogens is 1. The molecule has 2 heterocycles. The summed E-state index contributed by atoms with van der Waals surface area (Å²) in [5, 5.41) is 13.1. The maximum absolute atomic E-state index is 12.9. The number of amides is 1. The van der Waals surface area contributed by atoms with Gasteiger partial charge in [-0.1, -0.05) is 18.2 Å². The first-order valence-electron chi connectivity index (χ1n) is 8.62. The molecule has 2 aromatic rings. The highest BCUT2D eigenvalue weighted by Gasteiger charge is 2.45. The van der Waals surface area contributed by atoms with Crippen molar-refractivity contribution in [3.05, 3.63) is 52.3 Å². The molecule has 0 spiro atoms. The predicted octanol–water partition coefficient (Wildman–Crippen LogP) is 2.96. The predicted molar refractivity (Wildman–Crippen MR) is 95.9 cm³/mol. The molecule has 1 amide bonds. The fraction of sp³-hybridized carbons (Fsp3) is 0.444. The lowest BCUT2D eigenvalue weighted by Crippen LogP contribution is -2.34. The monoisotopic (exact) mass is 400 g/mol. The molecule has 3 N–H and O–H groups in total. The van der Waals surface area contributed by atoms with Crippen LogP contribution in [-0.2, 0) is 24.6 Å². The highest BCUT2D eigenvalue weighted by Crippen LogP contribution is 2.48. The minimum atomic E-state index is -4.36. The number of rotatable bonds is 4. The molecule has 0 unspecified atom stereocenters. The number of carbonyl (C=O) groups is 1. The van der Waals surface area contributed by atoms with Gasteiger partial charge in [-0.15, -0.1) is 12.4 Å². The zero-order chi connectivity index (χ0) is 18.4. The van der Waals surface area contributed by atoms with E-state index in [-0.39, 0.29) is 18.3 Å². The fourth-order valence-electron chi connectivity index (χ4n) is 3.49. The Labute approximate surface area is 160 Å². The number of alkyl halides is 3. The van der Waals surface area contributed by atoms with E-state index in [9.17, 15) is 18.0 Å². The summed E-state index contributed by atoms with van der Waals surface area (Å²) in [6, 6.07) is 5.39. The summed E-state index contributed by atoms with van der Waals surface area (Å²) < 4.78 is 38.8. The lowest BCUT2D eigenvalue weighted by Gasteiger charge is -2.18. The zero-order valence-electron chi connectivity index (χ0n) is 14.4. The highest BCUT2D eigenvalue weighted by atomic mass is 35.5. The molecule has 146 valence electrons. The molecule has 1 aliphatic heterocycles. The van der Waals surface area contributed by atoms with E-state index in [1.807, 2.05) is 0 Å². The van der Waals surface area contributed by atoms with Crippen LogP contribution in [0.3, 0.4) is 0 Å². The molecule has 1 saturated carbocycles. The van der Waals surface area contributed by atoms with Crippen molar-refractivity contribution in [2.75, 3.05) is 13.1 Å². The molecule has 27 heavy (non-hydrogen) atoms. The molecular weight excluding hydrogens is 381 g/mol. The van der Waals surface area contributed by atoms with E-state index in [1.165, 1.54) is 12.1 Å². The van der Waals surface area contributed by atoms with Crippen LogP contribution < -0.4 is 10.6 Å². The van der Waals surface area contributed by atoms with E-state index < -0.39 is 17.2 Å². The van der Waals surface area contributed by atoms with Crippen LogP contribution in [0.2, 0.25) is 0 Å². The summed E-state index contributed by atoms with van der Waals surface area (Å²) >= 11 is 0. The Morgan fingerprint density at radius 2 is 2.07 bits per heavy atom. The van der Waals surface area contributed by atoms with Gasteiger partial charge in [0.15, 0.2) is 5.69 Å². The van der Waals surface area contributed by atoms with Crippen LogP contribution in [0.4, 0.5) is 13.2 Å². The molecule has 2 aliphatic rings. The summed E-state index contributed by atoms with van der Waals surface area (Å²) in [6.45, 7) is 1.74. The quantitative estimate of drug-likeness (QED) is 0.739. The largest absolute Gasteiger partial charge is 0.416 e. The molecule has 1 fully saturated rings. The fourth-order valence-corrected chi connectivity index (χ4v) is 3.49. The Morgan fingerprint density at radius 1 is 1.30 bits per heavy atom. The number of halogens is 4. The average molecular weight is 401 g/mol. The normalized spacial score (nSPS) is 17.6. The number of nitrogens with one attached hydrogen (secondary N) is 3. The Kier molecular flexibility index (Phi) is 5.22. The molecule has 5 nitrogen and oxygen atoms in total. The molecule has 0 atom stereocenters. The molecule has 0 radical (unpaired) electrons. The van der Waals surface area contributed by atoms with Crippen molar-refractivity contribution in [2.24, 2.45) is 0 Å². The third kappa shape index (κ3) is 3.82. The highest BCUT2D eigenvalue weighted by molar-refractivity contribution is 5.94. The Bertz CT molecular complexity index is 845. The smallest absolute Gasteiger partial charge is 0.350 e. The van der Waals surface area contributed by atoms with E-state index in [4.69, 9.17) is 0 Å². The van der Waals surface area contributed by atoms with Gasteiger partial charge in [0.2, 0.25) is 0 Å². The maximum Gasteiger partial charge on any atom is 0.416 e. The molecule has 0 bridgehead atoms. The van der Waals surface area contributed by atoms with Crippen LogP contribution in [0.5, 0.6) is 0 Å². The number of hydrogen-bond donors (Lipinski definition) is 3. The third-order valence-electron chi connectivity index (χ3n) is 5.26. The Balaban J connectivity index is 0.00000210. The van der Waals surface area contributed by atoms with E-state index in [0.29, 0.717) is 24.3 Å². The van der Waals surface area contributed by atoms with E-state index in [0.717, 1.165) is 43.1 Å². The lowest BCUT2D eigenvalue weighted by molar-refractivity contribution is -0.137. The van der Waals surface area contributed by atoms with Gasteiger partial charge in [-0.3, -0.25) is 9.89 Å². The lowest BCUT2D eigenvalue weighted by atomic mass is 9.94. The van der Waals surface area contributed by atoms with Crippen molar-refractivity contribution < 1.29 is 18.0 Å². The molecule has 1 aliphatic carbocycles. The third-order valence-corrected chi connectivity index (χ3v) is 5.26. The van der Waals surface area contributed by atoms with Gasteiger partial charge in [0.05, 0.1) is 5.56 Å². The van der Waals surface area contributed by atoms with Crippen LogP contribution in [0, 0.1) is 0 Å². The molecule has 9 heteroatoms. The van der Waals surface area contributed by atoms with Crippen molar-refractivity contribution in [1.82, 2.24) is 20.8 Å². The second-order valence-electron chi connectivity index (χ2n) is 7.00.